The van der Waals surface area contributed by atoms with Gasteiger partial charge in [0.2, 0.25) is 0 Å². The summed E-state index contributed by atoms with van der Waals surface area (Å²) in [5.41, 5.74) is 4.86. The molecule has 18 heavy (non-hydrogen) atoms. The van der Waals surface area contributed by atoms with E-state index >= 15 is 0 Å². The summed E-state index contributed by atoms with van der Waals surface area (Å²) in [6.07, 6.45) is -0.873. The van der Waals surface area contributed by atoms with Crippen LogP contribution in [0.2, 0.25) is 0 Å². The van der Waals surface area contributed by atoms with Crippen LogP contribution in [0.15, 0.2) is 0 Å². The van der Waals surface area contributed by atoms with Gasteiger partial charge in [0.25, 0.3) is 7.44 Å². The number of ether oxygens (including phenoxy) is 1. The molecule has 0 spiro atoms. The monoisotopic (exact) mass is 275 g/mol. The molecule has 0 radical (unpaired) electrons. The van der Waals surface area contributed by atoms with Gasteiger partial charge in [-0.3, -0.25) is 4.57 Å². The first-order chi connectivity index (χ1) is 8.02. The molecule has 104 valence electrons. The van der Waals surface area contributed by atoms with Gasteiger partial charge in [0.1, 0.15) is 0 Å². The number of hydrogen-bond donors (Lipinski definition) is 1. The molecule has 3 unspecified atom stereocenters. The average molecular weight is 275 g/mol. The normalized spacial score (nSPS) is 36.3. The summed E-state index contributed by atoms with van der Waals surface area (Å²) < 4.78 is 22.2. The molecule has 2 fully saturated rings. The van der Waals surface area contributed by atoms with Gasteiger partial charge in [-0.25, -0.2) is 14.1 Å². The molecular formula is C11H22N3O3P. The summed E-state index contributed by atoms with van der Waals surface area (Å²) in [6, 6.07) is 0. The first-order valence-electron chi connectivity index (χ1n) is 6.14. The van der Waals surface area contributed by atoms with Crippen molar-refractivity contribution in [2.75, 3.05) is 13.1 Å². The maximum absolute atomic E-state index is 13.3. The van der Waals surface area contributed by atoms with Crippen LogP contribution in [0.25, 0.3) is 0 Å². The lowest BCUT2D eigenvalue weighted by molar-refractivity contribution is 0.142. The van der Waals surface area contributed by atoms with E-state index in [1.54, 1.807) is 6.92 Å². The molecule has 6 nitrogen and oxygen atoms in total. The van der Waals surface area contributed by atoms with E-state index in [0.29, 0.717) is 0 Å². The fourth-order valence-electron chi connectivity index (χ4n) is 2.40. The highest BCUT2D eigenvalue weighted by Gasteiger charge is 2.66. The van der Waals surface area contributed by atoms with Gasteiger partial charge in [-0.15, -0.1) is 0 Å². The summed E-state index contributed by atoms with van der Waals surface area (Å²) in [5, 5.41) is 0. The Morgan fingerprint density at radius 1 is 1.22 bits per heavy atom. The number of carbonyl (C=O) groups excluding carboxylic acids is 1. The van der Waals surface area contributed by atoms with Gasteiger partial charge in [0, 0.05) is 24.2 Å². The third-order valence-electron chi connectivity index (χ3n) is 3.72. The lowest BCUT2D eigenvalue weighted by Crippen LogP contribution is -2.28. The summed E-state index contributed by atoms with van der Waals surface area (Å²) in [5.74, 6) is -0.696. The Morgan fingerprint density at radius 2 is 1.56 bits per heavy atom. The van der Waals surface area contributed by atoms with Crippen molar-refractivity contribution in [3.8, 4) is 0 Å². The smallest absolute Gasteiger partial charge is 0.405 e. The number of amides is 1. The van der Waals surface area contributed by atoms with Gasteiger partial charge in [0.05, 0.1) is 0 Å². The third kappa shape index (κ3) is 2.06. The van der Waals surface area contributed by atoms with Crippen molar-refractivity contribution >= 4 is 13.5 Å². The van der Waals surface area contributed by atoms with Gasteiger partial charge in [-0.05, 0) is 34.6 Å². The predicted octanol–water partition coefficient (Wildman–Crippen LogP) is 1.81. The third-order valence-corrected chi connectivity index (χ3v) is 7.52. The largest absolute Gasteiger partial charge is 0.436 e. The van der Waals surface area contributed by atoms with E-state index < -0.39 is 19.4 Å². The summed E-state index contributed by atoms with van der Waals surface area (Å²) in [6.45, 7) is 11.3. The summed E-state index contributed by atoms with van der Waals surface area (Å²) >= 11 is 0. The van der Waals surface area contributed by atoms with Crippen LogP contribution < -0.4 is 5.73 Å². The Morgan fingerprint density at radius 3 is 1.78 bits per heavy atom. The molecule has 7 heteroatoms. The van der Waals surface area contributed by atoms with Crippen LogP contribution in [0.3, 0.4) is 0 Å². The molecule has 0 aromatic heterocycles. The number of nitrogens with zero attached hydrogens (tertiary/aromatic N) is 2. The number of primary amides is 1. The second-order valence-electron chi connectivity index (χ2n) is 6.37. The first-order valence-corrected chi connectivity index (χ1v) is 7.82. The van der Waals surface area contributed by atoms with Crippen LogP contribution in [0, 0.1) is 0 Å². The van der Waals surface area contributed by atoms with Gasteiger partial charge in [-0.1, -0.05) is 0 Å². The SMILES string of the molecule is CC(OC(N)=O)P(=O)(N1CC1(C)C)N1CC1(C)C. The maximum Gasteiger partial charge on any atom is 0.405 e. The van der Waals surface area contributed by atoms with Crippen molar-refractivity contribution < 1.29 is 14.1 Å². The highest BCUT2D eigenvalue weighted by atomic mass is 31.2. The highest BCUT2D eigenvalue weighted by Crippen LogP contribution is 2.72. The van der Waals surface area contributed by atoms with Crippen LogP contribution >= 0.6 is 7.44 Å². The lowest BCUT2D eigenvalue weighted by Gasteiger charge is -2.29. The van der Waals surface area contributed by atoms with Crippen molar-refractivity contribution in [2.45, 2.75) is 51.5 Å². The minimum Gasteiger partial charge on any atom is -0.436 e. The number of carbonyl (C=O) groups is 1. The Kier molecular flexibility index (Phi) is 2.86. The van der Waals surface area contributed by atoms with Crippen LogP contribution in [0.4, 0.5) is 4.79 Å². The Hall–Kier alpha value is -0.580. The summed E-state index contributed by atoms with van der Waals surface area (Å²) in [4.78, 5) is 10.9. The minimum absolute atomic E-state index is 0.0938. The molecule has 2 heterocycles. The van der Waals surface area contributed by atoms with E-state index in [1.165, 1.54) is 0 Å². The Bertz CT molecular complexity index is 409. The standard InChI is InChI=1S/C11H22N3O3P/c1-8(17-9(12)15)18(16,13-6-10(13,2)3)14-7-11(14,4)5/h8H,6-7H2,1-5H3,(H2,12,15). The van der Waals surface area contributed by atoms with E-state index in [-0.39, 0.29) is 11.1 Å². The van der Waals surface area contributed by atoms with Crippen LogP contribution in [-0.4, -0.2) is 45.4 Å². The second kappa shape index (κ2) is 3.71. The number of nitrogens with two attached hydrogens (primary N) is 1. The molecule has 2 N–H and O–H groups in total. The molecule has 0 aromatic rings. The van der Waals surface area contributed by atoms with Crippen molar-refractivity contribution in [3.63, 3.8) is 0 Å². The average Bonchev–Trinajstić information content (AvgIpc) is 3.01. The van der Waals surface area contributed by atoms with Crippen molar-refractivity contribution in [2.24, 2.45) is 5.73 Å². The molecule has 2 saturated heterocycles. The fourth-order valence-corrected chi connectivity index (χ4v) is 6.34. The second-order valence-corrected chi connectivity index (χ2v) is 9.24. The van der Waals surface area contributed by atoms with E-state index in [4.69, 9.17) is 10.5 Å². The quantitative estimate of drug-likeness (QED) is 0.625. The minimum atomic E-state index is -2.89. The topological polar surface area (TPSA) is 75.4 Å². The molecule has 0 bridgehead atoms. The van der Waals surface area contributed by atoms with Crippen molar-refractivity contribution in [1.82, 2.24) is 9.34 Å². The Balaban J connectivity index is 2.25. The molecular weight excluding hydrogens is 253 g/mol. The predicted molar refractivity (Wildman–Crippen MR) is 69.3 cm³/mol. The molecule has 2 rings (SSSR count). The molecule has 1 amide bonds. The van der Waals surface area contributed by atoms with Crippen LogP contribution in [0.5, 0.6) is 0 Å². The fraction of sp³-hybridized carbons (Fsp3) is 0.909. The Labute approximate surface area is 108 Å². The van der Waals surface area contributed by atoms with Gasteiger partial charge in [0.15, 0.2) is 5.85 Å². The van der Waals surface area contributed by atoms with Gasteiger partial charge in [-0.2, -0.15) is 0 Å². The lowest BCUT2D eigenvalue weighted by atomic mass is 10.2. The molecule has 0 aromatic carbocycles. The van der Waals surface area contributed by atoms with Crippen LogP contribution in [0.1, 0.15) is 34.6 Å². The zero-order valence-electron chi connectivity index (χ0n) is 11.6. The van der Waals surface area contributed by atoms with Gasteiger partial charge < -0.3 is 10.5 Å². The van der Waals surface area contributed by atoms with E-state index in [2.05, 4.69) is 0 Å². The highest BCUT2D eigenvalue weighted by molar-refractivity contribution is 7.60. The van der Waals surface area contributed by atoms with E-state index in [1.807, 2.05) is 37.0 Å². The van der Waals surface area contributed by atoms with Crippen LogP contribution in [-0.2, 0) is 9.30 Å². The van der Waals surface area contributed by atoms with E-state index in [0.717, 1.165) is 13.1 Å². The molecule has 2 aliphatic rings. The number of rotatable bonds is 4. The maximum atomic E-state index is 13.3. The zero-order valence-corrected chi connectivity index (χ0v) is 12.5. The zero-order chi connectivity index (χ0) is 13.9. The number of hydrogen-bond acceptors (Lipinski definition) is 3. The molecule has 0 saturated carbocycles. The van der Waals surface area contributed by atoms with Gasteiger partial charge >= 0.3 is 6.09 Å². The van der Waals surface area contributed by atoms with E-state index in [9.17, 15) is 9.36 Å². The van der Waals surface area contributed by atoms with Crippen molar-refractivity contribution in [3.05, 3.63) is 0 Å². The molecule has 0 aliphatic carbocycles. The summed E-state index contributed by atoms with van der Waals surface area (Å²) in [7, 11) is -2.89. The first kappa shape index (κ1) is 13.8. The molecule has 2 aliphatic heterocycles. The van der Waals surface area contributed by atoms with Crippen molar-refractivity contribution in [1.29, 1.82) is 0 Å². The molecule has 3 atom stereocenters.